The highest BCUT2D eigenvalue weighted by Crippen LogP contribution is 2.23. The van der Waals surface area contributed by atoms with Crippen LogP contribution in [0.25, 0.3) is 22.1 Å². The second-order valence-corrected chi connectivity index (χ2v) is 6.45. The van der Waals surface area contributed by atoms with Gasteiger partial charge < -0.3 is 14.9 Å². The summed E-state index contributed by atoms with van der Waals surface area (Å²) >= 11 is 0. The van der Waals surface area contributed by atoms with Gasteiger partial charge in [-0.1, -0.05) is 6.58 Å². The highest BCUT2D eigenvalue weighted by atomic mass is 15.1. The van der Waals surface area contributed by atoms with E-state index in [9.17, 15) is 0 Å². The molecule has 6 heteroatoms. The van der Waals surface area contributed by atoms with E-state index in [-0.39, 0.29) is 0 Å². The standard InChI is InChI=1S/C17H20N6/c1-11(21-10-17(2,3)9-18)7-14-22-13-8-20-16-12(5-6-19-16)15(13)23(14)4/h5-6,8,21H,1,7,10H2,2-4H3,(H,19,20). The van der Waals surface area contributed by atoms with Gasteiger partial charge in [-0.25, -0.2) is 9.97 Å². The van der Waals surface area contributed by atoms with Crippen LogP contribution < -0.4 is 5.32 Å². The zero-order valence-corrected chi connectivity index (χ0v) is 13.6. The summed E-state index contributed by atoms with van der Waals surface area (Å²) < 4.78 is 2.08. The Morgan fingerprint density at radius 1 is 1.52 bits per heavy atom. The number of fused-ring (bicyclic) bond motifs is 3. The Hall–Kier alpha value is -2.81. The SMILES string of the molecule is C=C(Cc1nc2cnc3[nH]ccc3c2n1C)NCC(C)(C)C#N. The van der Waals surface area contributed by atoms with Gasteiger partial charge in [0.1, 0.15) is 17.0 Å². The van der Waals surface area contributed by atoms with Crippen molar-refractivity contribution in [3.05, 3.63) is 36.6 Å². The summed E-state index contributed by atoms with van der Waals surface area (Å²) in [6.45, 7) is 8.42. The molecule has 3 aromatic rings. The molecule has 0 aliphatic rings. The van der Waals surface area contributed by atoms with Crippen LogP contribution >= 0.6 is 0 Å². The van der Waals surface area contributed by atoms with E-state index in [1.807, 2.05) is 33.2 Å². The van der Waals surface area contributed by atoms with Crippen LogP contribution in [-0.4, -0.2) is 26.1 Å². The van der Waals surface area contributed by atoms with Gasteiger partial charge in [-0.05, 0) is 19.9 Å². The molecule has 23 heavy (non-hydrogen) atoms. The Bertz CT molecular complexity index is 922. The molecule has 0 saturated carbocycles. The number of H-pyrrole nitrogens is 1. The summed E-state index contributed by atoms with van der Waals surface area (Å²) in [5, 5.41) is 13.4. The smallest absolute Gasteiger partial charge is 0.139 e. The van der Waals surface area contributed by atoms with Crippen molar-refractivity contribution in [3.8, 4) is 6.07 Å². The molecule has 3 heterocycles. The molecule has 6 nitrogen and oxygen atoms in total. The van der Waals surface area contributed by atoms with Crippen molar-refractivity contribution in [2.24, 2.45) is 12.5 Å². The third-order valence-corrected chi connectivity index (χ3v) is 3.97. The highest BCUT2D eigenvalue weighted by molar-refractivity contribution is 6.01. The molecule has 2 N–H and O–H groups in total. The van der Waals surface area contributed by atoms with Gasteiger partial charge >= 0.3 is 0 Å². The van der Waals surface area contributed by atoms with E-state index in [4.69, 9.17) is 5.26 Å². The van der Waals surface area contributed by atoms with Gasteiger partial charge in [-0.3, -0.25) is 0 Å². The maximum Gasteiger partial charge on any atom is 0.139 e. The summed E-state index contributed by atoms with van der Waals surface area (Å²) in [5.74, 6) is 0.919. The molecule has 0 aliphatic carbocycles. The molecule has 0 aliphatic heterocycles. The molecule has 0 fully saturated rings. The van der Waals surface area contributed by atoms with Crippen LogP contribution in [0.3, 0.4) is 0 Å². The minimum absolute atomic E-state index is 0.420. The van der Waals surface area contributed by atoms with E-state index in [1.165, 1.54) is 0 Å². The van der Waals surface area contributed by atoms with Crippen molar-refractivity contribution < 1.29 is 0 Å². The number of aromatic amines is 1. The van der Waals surface area contributed by atoms with Gasteiger partial charge in [0.2, 0.25) is 0 Å². The quantitative estimate of drug-likeness (QED) is 0.759. The van der Waals surface area contributed by atoms with Gasteiger partial charge in [0.25, 0.3) is 0 Å². The van der Waals surface area contributed by atoms with Crippen molar-refractivity contribution in [2.75, 3.05) is 6.54 Å². The summed E-state index contributed by atoms with van der Waals surface area (Å²) in [4.78, 5) is 12.2. The van der Waals surface area contributed by atoms with E-state index in [1.54, 1.807) is 6.20 Å². The topological polar surface area (TPSA) is 82.3 Å². The number of allylic oxidation sites excluding steroid dienone is 1. The minimum atomic E-state index is -0.420. The van der Waals surface area contributed by atoms with Gasteiger partial charge in [0.05, 0.1) is 23.2 Å². The van der Waals surface area contributed by atoms with Crippen LogP contribution in [0, 0.1) is 16.7 Å². The normalized spacial score (nSPS) is 11.7. The first-order chi connectivity index (χ1) is 10.9. The van der Waals surface area contributed by atoms with Crippen molar-refractivity contribution in [1.29, 1.82) is 5.26 Å². The predicted molar refractivity (Wildman–Crippen MR) is 90.6 cm³/mol. The van der Waals surface area contributed by atoms with Crippen LogP contribution in [0.15, 0.2) is 30.7 Å². The van der Waals surface area contributed by atoms with Gasteiger partial charge in [-0.15, -0.1) is 0 Å². The van der Waals surface area contributed by atoms with Crippen molar-refractivity contribution >= 4 is 22.1 Å². The molecule has 0 bridgehead atoms. The van der Waals surface area contributed by atoms with Crippen LogP contribution in [0.4, 0.5) is 0 Å². The third kappa shape index (κ3) is 2.78. The Kier molecular flexibility index (Phi) is 3.57. The molecule has 0 atom stereocenters. The lowest BCUT2D eigenvalue weighted by Crippen LogP contribution is -2.28. The second-order valence-electron chi connectivity index (χ2n) is 6.45. The lowest BCUT2D eigenvalue weighted by molar-refractivity contribution is 0.466. The monoisotopic (exact) mass is 308 g/mol. The minimum Gasteiger partial charge on any atom is -0.387 e. The zero-order chi connectivity index (χ0) is 16.6. The Morgan fingerprint density at radius 2 is 2.30 bits per heavy atom. The van der Waals surface area contributed by atoms with Gasteiger partial charge in [0, 0.05) is 37.3 Å². The van der Waals surface area contributed by atoms with Crippen molar-refractivity contribution in [1.82, 2.24) is 24.8 Å². The number of hydrogen-bond donors (Lipinski definition) is 2. The highest BCUT2D eigenvalue weighted by Gasteiger charge is 2.17. The number of rotatable bonds is 5. The van der Waals surface area contributed by atoms with Crippen LogP contribution in [0.1, 0.15) is 19.7 Å². The molecule has 0 amide bonds. The number of imidazole rings is 1. The average molecular weight is 308 g/mol. The number of aryl methyl sites for hydroxylation is 1. The van der Waals surface area contributed by atoms with Crippen LogP contribution in [0.2, 0.25) is 0 Å². The second kappa shape index (κ2) is 5.43. The predicted octanol–water partition coefficient (Wildman–Crippen LogP) is 2.65. The first kappa shape index (κ1) is 15.1. The van der Waals surface area contributed by atoms with E-state index >= 15 is 0 Å². The van der Waals surface area contributed by atoms with Crippen LogP contribution in [0.5, 0.6) is 0 Å². The van der Waals surface area contributed by atoms with Gasteiger partial charge in [0.15, 0.2) is 0 Å². The maximum atomic E-state index is 9.07. The number of pyridine rings is 1. The van der Waals surface area contributed by atoms with Crippen molar-refractivity contribution in [2.45, 2.75) is 20.3 Å². The lowest BCUT2D eigenvalue weighted by Gasteiger charge is -2.18. The molecule has 0 spiro atoms. The lowest BCUT2D eigenvalue weighted by atomic mass is 9.96. The molecule has 118 valence electrons. The fraction of sp³-hybridized carbons (Fsp3) is 0.353. The number of hydrogen-bond acceptors (Lipinski definition) is 4. The third-order valence-electron chi connectivity index (χ3n) is 3.97. The zero-order valence-electron chi connectivity index (χ0n) is 13.6. The van der Waals surface area contributed by atoms with E-state index in [2.05, 4.69) is 37.5 Å². The van der Waals surface area contributed by atoms with E-state index < -0.39 is 5.41 Å². The molecule has 0 unspecified atom stereocenters. The summed E-state index contributed by atoms with van der Waals surface area (Å²) in [6.07, 6.45) is 4.28. The number of nitriles is 1. The fourth-order valence-corrected chi connectivity index (χ4v) is 2.56. The largest absolute Gasteiger partial charge is 0.387 e. The average Bonchev–Trinajstić information content (AvgIpc) is 3.10. The number of nitrogens with zero attached hydrogens (tertiary/aromatic N) is 4. The van der Waals surface area contributed by atoms with Crippen LogP contribution in [-0.2, 0) is 13.5 Å². The molecule has 3 rings (SSSR count). The Morgan fingerprint density at radius 3 is 3.04 bits per heavy atom. The van der Waals surface area contributed by atoms with E-state index in [0.29, 0.717) is 13.0 Å². The van der Waals surface area contributed by atoms with E-state index in [0.717, 1.165) is 33.6 Å². The first-order valence-corrected chi connectivity index (χ1v) is 7.51. The number of nitrogens with one attached hydrogen (secondary N) is 2. The molecule has 0 radical (unpaired) electrons. The number of aromatic nitrogens is 4. The summed E-state index contributed by atoms with van der Waals surface area (Å²) in [6, 6.07) is 4.29. The molecule has 0 aromatic carbocycles. The first-order valence-electron chi connectivity index (χ1n) is 7.51. The molecular formula is C17H20N6. The van der Waals surface area contributed by atoms with Gasteiger partial charge in [-0.2, -0.15) is 5.26 Å². The summed E-state index contributed by atoms with van der Waals surface area (Å²) in [7, 11) is 2.00. The molecular weight excluding hydrogens is 288 g/mol. The summed E-state index contributed by atoms with van der Waals surface area (Å²) in [5.41, 5.74) is 3.23. The van der Waals surface area contributed by atoms with Crippen molar-refractivity contribution in [3.63, 3.8) is 0 Å². The Balaban J connectivity index is 1.85. The fourth-order valence-electron chi connectivity index (χ4n) is 2.56. The maximum absolute atomic E-state index is 9.07. The molecule has 0 saturated heterocycles. The Labute approximate surface area is 134 Å². The molecule has 3 aromatic heterocycles.